The number of benzene rings is 1. The van der Waals surface area contributed by atoms with Gasteiger partial charge in [-0.3, -0.25) is 4.79 Å². The van der Waals surface area contributed by atoms with Crippen LogP contribution in [0.25, 0.3) is 5.69 Å². The van der Waals surface area contributed by atoms with Crippen molar-refractivity contribution in [2.75, 3.05) is 6.61 Å². The summed E-state index contributed by atoms with van der Waals surface area (Å²) >= 11 is 0. The quantitative estimate of drug-likeness (QED) is 0.667. The van der Waals surface area contributed by atoms with Crippen LogP contribution >= 0.6 is 0 Å². The molecular formula is C22H23N3O4. The highest BCUT2D eigenvalue weighted by atomic mass is 16.5. The molecular weight excluding hydrogens is 370 g/mol. The first kappa shape index (κ1) is 19.0. The molecule has 150 valence electrons. The SMILES string of the molecule is CCOC(=O)c1cnn(-c2ccc(C(=O)NC3CCCc4occc43)cc2)c1C. The molecule has 4 rings (SSSR count). The molecule has 29 heavy (non-hydrogen) atoms. The Hall–Kier alpha value is -3.35. The zero-order valence-electron chi connectivity index (χ0n) is 16.5. The fourth-order valence-corrected chi connectivity index (χ4v) is 3.71. The molecule has 0 bridgehead atoms. The molecule has 1 amide bonds. The third-order valence-electron chi connectivity index (χ3n) is 5.24. The highest BCUT2D eigenvalue weighted by molar-refractivity contribution is 5.94. The molecule has 0 aliphatic heterocycles. The summed E-state index contributed by atoms with van der Waals surface area (Å²) in [6.45, 7) is 3.89. The molecule has 1 aromatic carbocycles. The number of nitrogens with one attached hydrogen (secondary N) is 1. The van der Waals surface area contributed by atoms with Crippen molar-refractivity contribution in [3.05, 3.63) is 70.9 Å². The average molecular weight is 393 g/mol. The summed E-state index contributed by atoms with van der Waals surface area (Å²) in [5.74, 6) is 0.446. The number of aryl methyl sites for hydroxylation is 1. The fourth-order valence-electron chi connectivity index (χ4n) is 3.71. The van der Waals surface area contributed by atoms with Gasteiger partial charge in [-0.25, -0.2) is 9.48 Å². The summed E-state index contributed by atoms with van der Waals surface area (Å²) in [5.41, 5.74) is 3.53. The number of hydrogen-bond donors (Lipinski definition) is 1. The van der Waals surface area contributed by atoms with Crippen molar-refractivity contribution in [3.63, 3.8) is 0 Å². The smallest absolute Gasteiger partial charge is 0.341 e. The van der Waals surface area contributed by atoms with Crippen molar-refractivity contribution >= 4 is 11.9 Å². The zero-order chi connectivity index (χ0) is 20.4. The molecule has 1 N–H and O–H groups in total. The van der Waals surface area contributed by atoms with Crippen LogP contribution < -0.4 is 5.32 Å². The summed E-state index contributed by atoms with van der Waals surface area (Å²) in [4.78, 5) is 24.7. The van der Waals surface area contributed by atoms with E-state index < -0.39 is 5.97 Å². The highest BCUT2D eigenvalue weighted by Gasteiger charge is 2.24. The van der Waals surface area contributed by atoms with Gasteiger partial charge in [0.05, 0.1) is 36.5 Å². The maximum absolute atomic E-state index is 12.7. The van der Waals surface area contributed by atoms with Crippen molar-refractivity contribution in [1.29, 1.82) is 0 Å². The lowest BCUT2D eigenvalue weighted by Gasteiger charge is -2.22. The van der Waals surface area contributed by atoms with Crippen molar-refractivity contribution in [2.24, 2.45) is 0 Å². The van der Waals surface area contributed by atoms with E-state index in [-0.39, 0.29) is 11.9 Å². The van der Waals surface area contributed by atoms with Crippen LogP contribution in [0.1, 0.15) is 63.5 Å². The monoisotopic (exact) mass is 393 g/mol. The molecule has 3 aromatic rings. The number of furan rings is 1. The second kappa shape index (κ2) is 7.95. The molecule has 0 fully saturated rings. The number of aromatic nitrogens is 2. The molecule has 1 atom stereocenters. The number of rotatable bonds is 5. The Balaban J connectivity index is 1.49. The van der Waals surface area contributed by atoms with Gasteiger partial charge in [-0.2, -0.15) is 5.10 Å². The van der Waals surface area contributed by atoms with Gasteiger partial charge < -0.3 is 14.5 Å². The van der Waals surface area contributed by atoms with E-state index in [2.05, 4.69) is 10.4 Å². The largest absolute Gasteiger partial charge is 0.469 e. The topological polar surface area (TPSA) is 86.4 Å². The van der Waals surface area contributed by atoms with E-state index in [1.165, 1.54) is 6.20 Å². The van der Waals surface area contributed by atoms with Gasteiger partial charge >= 0.3 is 5.97 Å². The molecule has 0 saturated heterocycles. The van der Waals surface area contributed by atoms with Crippen LogP contribution in [0.4, 0.5) is 0 Å². The molecule has 0 spiro atoms. The number of carbonyl (C=O) groups is 2. The first-order valence-corrected chi connectivity index (χ1v) is 9.77. The second-order valence-electron chi connectivity index (χ2n) is 7.04. The van der Waals surface area contributed by atoms with E-state index >= 15 is 0 Å². The summed E-state index contributed by atoms with van der Waals surface area (Å²) in [5, 5.41) is 7.38. The first-order valence-electron chi connectivity index (χ1n) is 9.77. The minimum atomic E-state index is -0.390. The number of fused-ring (bicyclic) bond motifs is 1. The zero-order valence-corrected chi connectivity index (χ0v) is 16.5. The third kappa shape index (κ3) is 3.68. The Morgan fingerprint density at radius 1 is 1.28 bits per heavy atom. The van der Waals surface area contributed by atoms with Crippen LogP contribution in [0.5, 0.6) is 0 Å². The number of esters is 1. The van der Waals surface area contributed by atoms with Crippen molar-refractivity contribution < 1.29 is 18.7 Å². The van der Waals surface area contributed by atoms with Gasteiger partial charge in [-0.15, -0.1) is 0 Å². The van der Waals surface area contributed by atoms with Crippen molar-refractivity contribution in [2.45, 2.75) is 39.2 Å². The number of hydrogen-bond acceptors (Lipinski definition) is 5. The lowest BCUT2D eigenvalue weighted by atomic mass is 9.93. The average Bonchev–Trinajstić information content (AvgIpc) is 3.35. The number of carbonyl (C=O) groups excluding carboxylic acids is 2. The summed E-state index contributed by atoms with van der Waals surface area (Å²) in [7, 11) is 0. The number of amides is 1. The van der Waals surface area contributed by atoms with E-state index in [0.29, 0.717) is 23.4 Å². The van der Waals surface area contributed by atoms with Crippen molar-refractivity contribution in [1.82, 2.24) is 15.1 Å². The number of nitrogens with zero attached hydrogens (tertiary/aromatic N) is 2. The van der Waals surface area contributed by atoms with E-state index in [0.717, 1.165) is 36.3 Å². The molecule has 1 unspecified atom stereocenters. The molecule has 7 heteroatoms. The molecule has 2 aromatic heterocycles. The Morgan fingerprint density at radius 2 is 2.07 bits per heavy atom. The highest BCUT2D eigenvalue weighted by Crippen LogP contribution is 2.30. The lowest BCUT2D eigenvalue weighted by Crippen LogP contribution is -2.30. The minimum absolute atomic E-state index is 0.0230. The molecule has 7 nitrogen and oxygen atoms in total. The summed E-state index contributed by atoms with van der Waals surface area (Å²) < 4.78 is 12.2. The van der Waals surface area contributed by atoms with Crippen LogP contribution in [0.2, 0.25) is 0 Å². The Bertz CT molecular complexity index is 1030. The van der Waals surface area contributed by atoms with Crippen molar-refractivity contribution in [3.8, 4) is 5.69 Å². The molecule has 1 aliphatic carbocycles. The Labute approximate surface area is 168 Å². The maximum atomic E-state index is 12.7. The summed E-state index contributed by atoms with van der Waals surface area (Å²) in [6, 6.07) is 9.06. The van der Waals surface area contributed by atoms with Gasteiger partial charge in [-0.1, -0.05) is 0 Å². The maximum Gasteiger partial charge on any atom is 0.341 e. The lowest BCUT2D eigenvalue weighted by molar-refractivity contribution is 0.0525. The van der Waals surface area contributed by atoms with Gasteiger partial charge in [0.25, 0.3) is 5.91 Å². The van der Waals surface area contributed by atoms with Gasteiger partial charge in [0.1, 0.15) is 11.3 Å². The predicted molar refractivity (Wildman–Crippen MR) is 106 cm³/mol. The Morgan fingerprint density at radius 3 is 2.83 bits per heavy atom. The van der Waals surface area contributed by atoms with E-state index in [1.807, 2.05) is 25.1 Å². The van der Waals surface area contributed by atoms with Gasteiger partial charge in [-0.05, 0) is 57.0 Å². The van der Waals surface area contributed by atoms with E-state index in [1.54, 1.807) is 30.0 Å². The van der Waals surface area contributed by atoms with Gasteiger partial charge in [0.2, 0.25) is 0 Å². The first-order chi connectivity index (χ1) is 14.1. The van der Waals surface area contributed by atoms with E-state index in [9.17, 15) is 9.59 Å². The van der Waals surface area contributed by atoms with Gasteiger partial charge in [0.15, 0.2) is 0 Å². The molecule has 0 radical (unpaired) electrons. The Kier molecular flexibility index (Phi) is 5.20. The van der Waals surface area contributed by atoms with E-state index in [4.69, 9.17) is 9.15 Å². The predicted octanol–water partition coefficient (Wildman–Crippen LogP) is 3.76. The summed E-state index contributed by atoms with van der Waals surface area (Å²) in [6.07, 6.45) is 5.99. The number of ether oxygens (including phenoxy) is 1. The standard InChI is InChI=1S/C22H23N3O4/c1-3-28-22(27)18-13-23-25(14(18)2)16-9-7-15(8-10-16)21(26)24-19-5-4-6-20-17(19)11-12-29-20/h7-13,19H,3-6H2,1-2H3,(H,24,26). The molecule has 1 aliphatic rings. The minimum Gasteiger partial charge on any atom is -0.469 e. The molecule has 2 heterocycles. The van der Waals surface area contributed by atoms with Crippen LogP contribution in [-0.2, 0) is 11.2 Å². The third-order valence-corrected chi connectivity index (χ3v) is 5.24. The van der Waals surface area contributed by atoms with Crippen LogP contribution in [0.3, 0.4) is 0 Å². The second-order valence-corrected chi connectivity index (χ2v) is 7.04. The molecule has 0 saturated carbocycles. The van der Waals surface area contributed by atoms with Crippen LogP contribution in [0.15, 0.2) is 47.2 Å². The van der Waals surface area contributed by atoms with Crippen LogP contribution in [-0.4, -0.2) is 28.3 Å². The van der Waals surface area contributed by atoms with Gasteiger partial charge in [0, 0.05) is 17.5 Å². The normalized spacial score (nSPS) is 15.6. The fraction of sp³-hybridized carbons (Fsp3) is 0.318. The van der Waals surface area contributed by atoms with Crippen LogP contribution in [0, 0.1) is 6.92 Å².